The summed E-state index contributed by atoms with van der Waals surface area (Å²) in [6.07, 6.45) is 8.11. The largest absolute Gasteiger partial charge is 0.457 e. The summed E-state index contributed by atoms with van der Waals surface area (Å²) in [7, 11) is 0. The van der Waals surface area contributed by atoms with Gasteiger partial charge in [0.25, 0.3) is 0 Å². The molecule has 0 saturated heterocycles. The number of benzene rings is 2. The van der Waals surface area contributed by atoms with Crippen LogP contribution >= 0.6 is 0 Å². The Morgan fingerprint density at radius 1 is 1.10 bits per heavy atom. The van der Waals surface area contributed by atoms with Gasteiger partial charge in [0.05, 0.1) is 0 Å². The number of aliphatic hydroxyl groups excluding tert-OH is 1. The lowest BCUT2D eigenvalue weighted by Gasteiger charge is -2.23. The van der Waals surface area contributed by atoms with Gasteiger partial charge >= 0.3 is 5.97 Å². The molecule has 160 valence electrons. The topological polar surface area (TPSA) is 46.5 Å². The molecule has 1 fully saturated rings. The van der Waals surface area contributed by atoms with Crippen molar-refractivity contribution in [3.63, 3.8) is 0 Å². The normalized spacial score (nSPS) is 14.5. The van der Waals surface area contributed by atoms with Gasteiger partial charge in [-0.1, -0.05) is 56.2 Å². The highest BCUT2D eigenvalue weighted by Gasteiger charge is 2.17. The number of rotatable bonds is 8. The molecule has 0 aliphatic heterocycles. The van der Waals surface area contributed by atoms with Gasteiger partial charge in [-0.2, -0.15) is 0 Å². The van der Waals surface area contributed by atoms with Crippen LogP contribution in [-0.2, 0) is 22.6 Å². The van der Waals surface area contributed by atoms with Gasteiger partial charge in [0.1, 0.15) is 6.61 Å². The average Bonchev–Trinajstić information content (AvgIpc) is 2.76. The van der Waals surface area contributed by atoms with E-state index in [2.05, 4.69) is 49.9 Å². The monoisotopic (exact) mass is 406 g/mol. The van der Waals surface area contributed by atoms with E-state index in [0.717, 1.165) is 23.1 Å². The molecule has 0 unspecified atom stereocenters. The average molecular weight is 407 g/mol. The van der Waals surface area contributed by atoms with E-state index >= 15 is 0 Å². The Morgan fingerprint density at radius 2 is 1.87 bits per heavy atom. The number of carbonyl (C=O) groups is 1. The minimum absolute atomic E-state index is 0.147. The fourth-order valence-corrected chi connectivity index (χ4v) is 4.41. The fourth-order valence-electron chi connectivity index (χ4n) is 4.41. The maximum absolute atomic E-state index is 11.9. The zero-order valence-corrected chi connectivity index (χ0v) is 18.4. The van der Waals surface area contributed by atoms with Crippen LogP contribution < -0.4 is 0 Å². The highest BCUT2D eigenvalue weighted by Crippen LogP contribution is 2.35. The summed E-state index contributed by atoms with van der Waals surface area (Å²) in [6.45, 7) is 7.86. The van der Waals surface area contributed by atoms with Crippen LogP contribution in [0.1, 0.15) is 73.6 Å². The number of aliphatic hydroxyl groups is 1. The van der Waals surface area contributed by atoms with Crippen molar-refractivity contribution in [3.05, 3.63) is 70.8 Å². The van der Waals surface area contributed by atoms with E-state index in [9.17, 15) is 9.90 Å². The Hall–Kier alpha value is -2.39. The molecule has 0 heterocycles. The quantitative estimate of drug-likeness (QED) is 0.416. The maximum Gasteiger partial charge on any atom is 0.333 e. The number of esters is 1. The molecule has 3 heteroatoms. The van der Waals surface area contributed by atoms with Crippen LogP contribution in [0, 0.1) is 6.92 Å². The Labute approximate surface area is 180 Å². The van der Waals surface area contributed by atoms with Crippen molar-refractivity contribution in [2.75, 3.05) is 6.61 Å². The lowest BCUT2D eigenvalue weighted by Crippen LogP contribution is -2.07. The predicted octanol–water partition coefficient (Wildman–Crippen LogP) is 6.25. The summed E-state index contributed by atoms with van der Waals surface area (Å²) in [6, 6.07) is 13.3. The molecule has 0 amide bonds. The van der Waals surface area contributed by atoms with Crippen molar-refractivity contribution in [2.45, 2.75) is 71.3 Å². The van der Waals surface area contributed by atoms with Crippen molar-refractivity contribution in [3.8, 4) is 11.1 Å². The van der Waals surface area contributed by atoms with E-state index in [1.54, 1.807) is 6.92 Å². The van der Waals surface area contributed by atoms with Gasteiger partial charge in [0, 0.05) is 12.2 Å². The van der Waals surface area contributed by atoms with Crippen LogP contribution in [0.25, 0.3) is 11.1 Å². The summed E-state index contributed by atoms with van der Waals surface area (Å²) in [4.78, 5) is 11.9. The van der Waals surface area contributed by atoms with Crippen LogP contribution in [0.2, 0.25) is 0 Å². The fraction of sp³-hybridized carbons (Fsp3) is 0.444. The first-order valence-electron chi connectivity index (χ1n) is 11.2. The number of carbonyl (C=O) groups excluding carboxylic acids is 1. The van der Waals surface area contributed by atoms with E-state index in [0.29, 0.717) is 17.9 Å². The predicted molar refractivity (Wildman–Crippen MR) is 122 cm³/mol. The first-order chi connectivity index (χ1) is 14.5. The highest BCUT2D eigenvalue weighted by molar-refractivity contribution is 5.86. The molecule has 30 heavy (non-hydrogen) atoms. The molecule has 1 saturated carbocycles. The van der Waals surface area contributed by atoms with E-state index in [4.69, 9.17) is 4.74 Å². The van der Waals surface area contributed by atoms with Crippen LogP contribution in [0.5, 0.6) is 0 Å². The molecule has 3 nitrogen and oxygen atoms in total. The van der Waals surface area contributed by atoms with Gasteiger partial charge in [0.2, 0.25) is 0 Å². The van der Waals surface area contributed by atoms with Gasteiger partial charge in [-0.25, -0.2) is 4.79 Å². The van der Waals surface area contributed by atoms with Gasteiger partial charge in [-0.15, -0.1) is 0 Å². The molecule has 1 N–H and O–H groups in total. The molecule has 1 aliphatic carbocycles. The molecule has 0 bridgehead atoms. The summed E-state index contributed by atoms with van der Waals surface area (Å²) in [5.74, 6) is 0.325. The van der Waals surface area contributed by atoms with Crippen molar-refractivity contribution in [1.82, 2.24) is 0 Å². The molecule has 0 spiro atoms. The van der Waals surface area contributed by atoms with Crippen molar-refractivity contribution in [2.24, 2.45) is 0 Å². The standard InChI is InChI=1S/C27H34O3/c1-19(2)27(29)30-18-25-17-24(12-11-22(25)10-7-15-28)26-14-13-23(16-20(26)3)21-8-5-4-6-9-21/h11-14,16-17,21,28H,1,4-10,15,18H2,2-3H3. The molecule has 0 aromatic heterocycles. The second-order valence-electron chi connectivity index (χ2n) is 8.58. The van der Waals surface area contributed by atoms with Gasteiger partial charge in [0.15, 0.2) is 0 Å². The Kier molecular flexibility index (Phi) is 7.87. The zero-order valence-electron chi connectivity index (χ0n) is 18.4. The summed E-state index contributed by atoms with van der Waals surface area (Å²) < 4.78 is 5.43. The maximum atomic E-state index is 11.9. The van der Waals surface area contributed by atoms with Crippen molar-refractivity contribution < 1.29 is 14.6 Å². The highest BCUT2D eigenvalue weighted by atomic mass is 16.5. The minimum Gasteiger partial charge on any atom is -0.457 e. The second kappa shape index (κ2) is 10.6. The molecule has 0 atom stereocenters. The van der Waals surface area contributed by atoms with Crippen molar-refractivity contribution in [1.29, 1.82) is 0 Å². The lowest BCUT2D eigenvalue weighted by molar-refractivity contribution is -0.140. The molecular weight excluding hydrogens is 372 g/mol. The van der Waals surface area contributed by atoms with Crippen molar-refractivity contribution >= 4 is 5.97 Å². The van der Waals surface area contributed by atoms with Gasteiger partial charge in [-0.05, 0) is 84.9 Å². The minimum atomic E-state index is -0.374. The third-order valence-electron chi connectivity index (χ3n) is 6.16. The molecule has 2 aromatic carbocycles. The summed E-state index contributed by atoms with van der Waals surface area (Å²) in [5.41, 5.74) is 7.60. The number of hydrogen-bond donors (Lipinski definition) is 1. The first-order valence-corrected chi connectivity index (χ1v) is 11.2. The Morgan fingerprint density at radius 3 is 2.53 bits per heavy atom. The molecule has 0 radical (unpaired) electrons. The van der Waals surface area contributed by atoms with Crippen LogP contribution in [0.15, 0.2) is 48.6 Å². The second-order valence-corrected chi connectivity index (χ2v) is 8.58. The Bertz CT molecular complexity index is 891. The van der Waals surface area contributed by atoms with Crippen LogP contribution in [0.3, 0.4) is 0 Å². The van der Waals surface area contributed by atoms with Gasteiger partial charge < -0.3 is 9.84 Å². The third-order valence-corrected chi connectivity index (χ3v) is 6.16. The first kappa shape index (κ1) is 22.3. The van der Waals surface area contributed by atoms with E-state index in [1.807, 2.05) is 0 Å². The number of hydrogen-bond acceptors (Lipinski definition) is 3. The third kappa shape index (κ3) is 5.60. The smallest absolute Gasteiger partial charge is 0.333 e. The van der Waals surface area contributed by atoms with Crippen LogP contribution in [0.4, 0.5) is 0 Å². The molecule has 1 aliphatic rings. The number of ether oxygens (including phenoxy) is 1. The molecule has 2 aromatic rings. The lowest BCUT2D eigenvalue weighted by atomic mass is 9.82. The number of aryl methyl sites for hydroxylation is 2. The summed E-state index contributed by atoms with van der Waals surface area (Å²) in [5, 5.41) is 9.21. The van der Waals surface area contributed by atoms with E-state index in [1.165, 1.54) is 48.8 Å². The van der Waals surface area contributed by atoms with E-state index in [-0.39, 0.29) is 19.2 Å². The zero-order chi connectivity index (χ0) is 21.5. The van der Waals surface area contributed by atoms with Crippen LogP contribution in [-0.4, -0.2) is 17.7 Å². The van der Waals surface area contributed by atoms with Gasteiger partial charge in [-0.3, -0.25) is 0 Å². The Balaban J connectivity index is 1.86. The SMILES string of the molecule is C=C(C)C(=O)OCc1cc(-c2ccc(C3CCCCC3)cc2C)ccc1CCCO. The molecular formula is C27H34O3. The summed E-state index contributed by atoms with van der Waals surface area (Å²) >= 11 is 0. The molecule has 3 rings (SSSR count). The van der Waals surface area contributed by atoms with E-state index < -0.39 is 0 Å².